The summed E-state index contributed by atoms with van der Waals surface area (Å²) < 4.78 is 10.7. The molecule has 0 aromatic rings. The average Bonchev–Trinajstić information content (AvgIpc) is 3.05. The molecule has 4 atom stereocenters. The fourth-order valence-corrected chi connectivity index (χ4v) is 3.72. The van der Waals surface area contributed by atoms with E-state index in [2.05, 4.69) is 19.1 Å². The van der Waals surface area contributed by atoms with Gasteiger partial charge in [0.25, 0.3) is 0 Å². The Kier molecular flexibility index (Phi) is 16.8. The van der Waals surface area contributed by atoms with Crippen LogP contribution in [0.25, 0.3) is 0 Å². The maximum absolute atomic E-state index is 9.94. The monoisotopic (exact) mass is 414 g/mol. The van der Waals surface area contributed by atoms with Crippen molar-refractivity contribution in [3.05, 3.63) is 12.2 Å². The van der Waals surface area contributed by atoms with Crippen LogP contribution in [0.2, 0.25) is 0 Å². The summed E-state index contributed by atoms with van der Waals surface area (Å²) in [6.07, 6.45) is 19.1. The van der Waals surface area contributed by atoms with Crippen LogP contribution >= 0.6 is 0 Å². The van der Waals surface area contributed by atoms with Crippen LogP contribution in [0.3, 0.4) is 0 Å². The standard InChI is InChI=1S/C24H46O5/c1-2-3-4-5-6-7-8-9-10-11-12-13-14-15-16-17-18-28-19-22(26)24-23(27)21(25)20-29-24/h13-14,21-27H,2-12,15-20H2,1H3/b14-13+/t21-,22+,23+,24+/m1/s1. The summed E-state index contributed by atoms with van der Waals surface area (Å²) in [7, 11) is 0. The minimum Gasteiger partial charge on any atom is -0.388 e. The zero-order chi connectivity index (χ0) is 21.2. The Hall–Kier alpha value is -0.460. The van der Waals surface area contributed by atoms with Gasteiger partial charge >= 0.3 is 0 Å². The predicted molar refractivity (Wildman–Crippen MR) is 118 cm³/mol. The molecular formula is C24H46O5. The first-order valence-corrected chi connectivity index (χ1v) is 12.0. The van der Waals surface area contributed by atoms with Crippen LogP contribution < -0.4 is 0 Å². The van der Waals surface area contributed by atoms with Gasteiger partial charge in [0.05, 0.1) is 13.2 Å². The van der Waals surface area contributed by atoms with Crippen molar-refractivity contribution in [1.82, 2.24) is 0 Å². The molecule has 0 bridgehead atoms. The fraction of sp³-hybridized carbons (Fsp3) is 0.917. The molecule has 1 saturated heterocycles. The van der Waals surface area contributed by atoms with E-state index in [1.807, 2.05) is 0 Å². The van der Waals surface area contributed by atoms with Crippen molar-refractivity contribution in [2.75, 3.05) is 19.8 Å². The summed E-state index contributed by atoms with van der Waals surface area (Å²) in [6, 6.07) is 0. The molecule has 5 heteroatoms. The molecule has 0 unspecified atom stereocenters. The van der Waals surface area contributed by atoms with Crippen molar-refractivity contribution in [2.24, 2.45) is 0 Å². The van der Waals surface area contributed by atoms with Crippen molar-refractivity contribution in [3.8, 4) is 0 Å². The van der Waals surface area contributed by atoms with E-state index in [1.54, 1.807) is 0 Å². The molecule has 5 nitrogen and oxygen atoms in total. The average molecular weight is 415 g/mol. The lowest BCUT2D eigenvalue weighted by Crippen LogP contribution is -2.40. The number of hydrogen-bond donors (Lipinski definition) is 3. The molecule has 1 fully saturated rings. The Balaban J connectivity index is 1.79. The lowest BCUT2D eigenvalue weighted by Gasteiger charge is -2.20. The van der Waals surface area contributed by atoms with Crippen LogP contribution in [-0.4, -0.2) is 59.6 Å². The lowest BCUT2D eigenvalue weighted by atomic mass is 10.1. The molecule has 0 aromatic heterocycles. The van der Waals surface area contributed by atoms with Crippen LogP contribution in [0.15, 0.2) is 12.2 Å². The zero-order valence-electron chi connectivity index (χ0n) is 18.6. The molecule has 0 aromatic carbocycles. The summed E-state index contributed by atoms with van der Waals surface area (Å²) in [5.74, 6) is 0. The topological polar surface area (TPSA) is 79.2 Å². The minimum atomic E-state index is -1.03. The van der Waals surface area contributed by atoms with Gasteiger partial charge in [-0.05, 0) is 32.1 Å². The van der Waals surface area contributed by atoms with Crippen molar-refractivity contribution < 1.29 is 24.8 Å². The molecule has 1 aliphatic rings. The van der Waals surface area contributed by atoms with Crippen molar-refractivity contribution in [1.29, 1.82) is 0 Å². The molecular weight excluding hydrogens is 368 g/mol. The summed E-state index contributed by atoms with van der Waals surface area (Å²) >= 11 is 0. The van der Waals surface area contributed by atoms with E-state index < -0.39 is 24.4 Å². The lowest BCUT2D eigenvalue weighted by molar-refractivity contribution is -0.0813. The predicted octanol–water partition coefficient (Wildman–Crippen LogP) is 4.52. The third-order valence-corrected chi connectivity index (χ3v) is 5.66. The highest BCUT2D eigenvalue weighted by atomic mass is 16.5. The Morgan fingerprint density at radius 3 is 1.97 bits per heavy atom. The van der Waals surface area contributed by atoms with E-state index in [-0.39, 0.29) is 13.2 Å². The number of ether oxygens (including phenoxy) is 2. The van der Waals surface area contributed by atoms with Gasteiger partial charge in [0, 0.05) is 6.61 Å². The quantitative estimate of drug-likeness (QED) is 0.214. The van der Waals surface area contributed by atoms with Gasteiger partial charge in [-0.2, -0.15) is 0 Å². The van der Waals surface area contributed by atoms with Crippen LogP contribution in [0.4, 0.5) is 0 Å². The van der Waals surface area contributed by atoms with Gasteiger partial charge < -0.3 is 24.8 Å². The molecule has 29 heavy (non-hydrogen) atoms. The molecule has 1 rings (SSSR count). The van der Waals surface area contributed by atoms with Crippen molar-refractivity contribution in [3.63, 3.8) is 0 Å². The van der Waals surface area contributed by atoms with Crippen LogP contribution in [0.1, 0.15) is 96.8 Å². The molecule has 0 amide bonds. The molecule has 3 N–H and O–H groups in total. The smallest absolute Gasteiger partial charge is 0.114 e. The van der Waals surface area contributed by atoms with Gasteiger partial charge in [0.1, 0.15) is 24.4 Å². The van der Waals surface area contributed by atoms with Crippen molar-refractivity contribution in [2.45, 2.75) is 121 Å². The van der Waals surface area contributed by atoms with E-state index in [1.165, 1.54) is 70.6 Å². The van der Waals surface area contributed by atoms with E-state index >= 15 is 0 Å². The second kappa shape index (κ2) is 18.3. The fourth-order valence-electron chi connectivity index (χ4n) is 3.72. The van der Waals surface area contributed by atoms with E-state index in [0.717, 1.165) is 19.3 Å². The largest absolute Gasteiger partial charge is 0.388 e. The van der Waals surface area contributed by atoms with E-state index in [4.69, 9.17) is 9.47 Å². The highest BCUT2D eigenvalue weighted by Crippen LogP contribution is 2.18. The first-order valence-electron chi connectivity index (χ1n) is 12.0. The van der Waals surface area contributed by atoms with Crippen LogP contribution in [-0.2, 0) is 9.47 Å². The highest BCUT2D eigenvalue weighted by Gasteiger charge is 2.39. The minimum absolute atomic E-state index is 0.0638. The number of rotatable bonds is 19. The molecule has 0 spiro atoms. The Bertz CT molecular complexity index is 387. The number of aliphatic hydroxyl groups excluding tert-OH is 3. The molecule has 1 heterocycles. The van der Waals surface area contributed by atoms with Crippen LogP contribution in [0.5, 0.6) is 0 Å². The molecule has 0 radical (unpaired) electrons. The third-order valence-electron chi connectivity index (χ3n) is 5.66. The van der Waals surface area contributed by atoms with Crippen LogP contribution in [0, 0.1) is 0 Å². The second-order valence-corrected chi connectivity index (χ2v) is 8.44. The van der Waals surface area contributed by atoms with Gasteiger partial charge in [-0.1, -0.05) is 76.9 Å². The number of aliphatic hydroxyl groups is 3. The Labute approximate surface area is 178 Å². The first kappa shape index (κ1) is 26.6. The summed E-state index contributed by atoms with van der Waals surface area (Å²) in [5, 5.41) is 29.0. The normalized spacial score (nSPS) is 23.2. The second-order valence-electron chi connectivity index (χ2n) is 8.44. The van der Waals surface area contributed by atoms with Gasteiger partial charge in [-0.15, -0.1) is 0 Å². The maximum Gasteiger partial charge on any atom is 0.114 e. The molecule has 0 saturated carbocycles. The van der Waals surface area contributed by atoms with Gasteiger partial charge in [-0.3, -0.25) is 0 Å². The summed E-state index contributed by atoms with van der Waals surface area (Å²) in [4.78, 5) is 0. The number of unbranched alkanes of at least 4 members (excludes halogenated alkanes) is 12. The SMILES string of the molecule is CCCCCCCCCCCC/C=C/CCCCOC[C@H](O)[C@@H]1OC[C@@H](O)[C@@H]1O. The Morgan fingerprint density at radius 1 is 0.862 bits per heavy atom. The van der Waals surface area contributed by atoms with Gasteiger partial charge in [0.15, 0.2) is 0 Å². The van der Waals surface area contributed by atoms with E-state index in [9.17, 15) is 15.3 Å². The van der Waals surface area contributed by atoms with Crippen molar-refractivity contribution >= 4 is 0 Å². The highest BCUT2D eigenvalue weighted by molar-refractivity contribution is 4.87. The Morgan fingerprint density at radius 2 is 1.41 bits per heavy atom. The number of allylic oxidation sites excluding steroid dienone is 2. The molecule has 1 aliphatic heterocycles. The summed E-state index contributed by atoms with van der Waals surface area (Å²) in [6.45, 7) is 3.05. The zero-order valence-corrected chi connectivity index (χ0v) is 18.6. The van der Waals surface area contributed by atoms with Gasteiger partial charge in [0.2, 0.25) is 0 Å². The molecule has 0 aliphatic carbocycles. The summed E-state index contributed by atoms with van der Waals surface area (Å²) in [5.41, 5.74) is 0. The maximum atomic E-state index is 9.94. The molecule has 172 valence electrons. The van der Waals surface area contributed by atoms with Gasteiger partial charge in [-0.25, -0.2) is 0 Å². The third kappa shape index (κ3) is 13.5. The van der Waals surface area contributed by atoms with E-state index in [0.29, 0.717) is 6.61 Å². The number of hydrogen-bond acceptors (Lipinski definition) is 5. The first-order chi connectivity index (χ1) is 14.2.